The van der Waals surface area contributed by atoms with Gasteiger partial charge in [0.1, 0.15) is 0 Å². The first-order valence-corrected chi connectivity index (χ1v) is 6.46. The van der Waals surface area contributed by atoms with Crippen LogP contribution in [0.3, 0.4) is 0 Å². The molecule has 1 aliphatic rings. The summed E-state index contributed by atoms with van der Waals surface area (Å²) >= 11 is 0. The molecule has 1 aromatic rings. The van der Waals surface area contributed by atoms with Gasteiger partial charge in [0.2, 0.25) is 0 Å². The van der Waals surface area contributed by atoms with Crippen LogP contribution in [-0.4, -0.2) is 5.11 Å². The van der Waals surface area contributed by atoms with Gasteiger partial charge in [0.15, 0.2) is 0 Å². The first-order valence-electron chi connectivity index (χ1n) is 6.46. The molecule has 88 valence electrons. The van der Waals surface area contributed by atoms with E-state index in [0.29, 0.717) is 5.92 Å². The zero-order valence-electron chi connectivity index (χ0n) is 10.3. The second-order valence-corrected chi connectivity index (χ2v) is 5.15. The summed E-state index contributed by atoms with van der Waals surface area (Å²) in [6, 6.07) is 8.22. The maximum Gasteiger partial charge on any atom is 0.0820 e. The first kappa shape index (κ1) is 11.7. The summed E-state index contributed by atoms with van der Waals surface area (Å²) in [6.45, 7) is 4.35. The average molecular weight is 218 g/mol. The van der Waals surface area contributed by atoms with Crippen LogP contribution < -0.4 is 0 Å². The summed E-state index contributed by atoms with van der Waals surface area (Å²) in [4.78, 5) is 0. The highest BCUT2D eigenvalue weighted by atomic mass is 16.3. The van der Waals surface area contributed by atoms with Gasteiger partial charge in [0, 0.05) is 0 Å². The van der Waals surface area contributed by atoms with Crippen molar-refractivity contribution < 1.29 is 5.11 Å². The second-order valence-electron chi connectivity index (χ2n) is 5.15. The number of aliphatic hydroxyl groups excluding tert-OH is 1. The molecule has 1 aliphatic carbocycles. The Balaban J connectivity index is 2.08. The SMILES string of the molecule is CCC1CCC(C(O)c2ccccc2C)C1. The first-order chi connectivity index (χ1) is 7.72. The zero-order valence-corrected chi connectivity index (χ0v) is 10.3. The van der Waals surface area contributed by atoms with Crippen LogP contribution >= 0.6 is 0 Å². The summed E-state index contributed by atoms with van der Waals surface area (Å²) in [7, 11) is 0. The predicted molar refractivity (Wildman–Crippen MR) is 67.3 cm³/mol. The van der Waals surface area contributed by atoms with Gasteiger partial charge in [0.05, 0.1) is 6.10 Å². The summed E-state index contributed by atoms with van der Waals surface area (Å²) in [5.74, 6) is 1.31. The molecular formula is C15H22O. The van der Waals surface area contributed by atoms with Crippen molar-refractivity contribution in [2.24, 2.45) is 11.8 Å². The Morgan fingerprint density at radius 3 is 2.69 bits per heavy atom. The molecule has 0 heterocycles. The Morgan fingerprint density at radius 2 is 2.06 bits per heavy atom. The monoisotopic (exact) mass is 218 g/mol. The summed E-state index contributed by atoms with van der Waals surface area (Å²) in [5, 5.41) is 10.4. The van der Waals surface area contributed by atoms with Crippen LogP contribution in [0.4, 0.5) is 0 Å². The van der Waals surface area contributed by atoms with Gasteiger partial charge in [-0.15, -0.1) is 0 Å². The Hall–Kier alpha value is -0.820. The van der Waals surface area contributed by atoms with Crippen molar-refractivity contribution in [3.05, 3.63) is 35.4 Å². The second kappa shape index (κ2) is 5.01. The molecule has 1 fully saturated rings. The molecule has 2 rings (SSSR count). The fraction of sp³-hybridized carbons (Fsp3) is 0.600. The lowest BCUT2D eigenvalue weighted by atomic mass is 9.91. The molecule has 1 heteroatoms. The van der Waals surface area contributed by atoms with Crippen LogP contribution in [0.1, 0.15) is 49.8 Å². The molecule has 1 saturated carbocycles. The lowest BCUT2D eigenvalue weighted by molar-refractivity contribution is 0.108. The van der Waals surface area contributed by atoms with Crippen LogP contribution in [0.25, 0.3) is 0 Å². The number of hydrogen-bond donors (Lipinski definition) is 1. The molecule has 0 bridgehead atoms. The standard InChI is InChI=1S/C15H22O/c1-3-12-8-9-13(10-12)15(16)14-7-5-4-6-11(14)2/h4-7,12-13,15-16H,3,8-10H2,1-2H3. The van der Waals surface area contributed by atoms with Gasteiger partial charge in [-0.3, -0.25) is 0 Å². The van der Waals surface area contributed by atoms with Gasteiger partial charge in [0.25, 0.3) is 0 Å². The molecule has 1 nitrogen and oxygen atoms in total. The number of benzene rings is 1. The van der Waals surface area contributed by atoms with Crippen molar-refractivity contribution in [3.8, 4) is 0 Å². The highest BCUT2D eigenvalue weighted by molar-refractivity contribution is 5.28. The Kier molecular flexibility index (Phi) is 3.65. The highest BCUT2D eigenvalue weighted by Gasteiger charge is 2.30. The van der Waals surface area contributed by atoms with Crippen LogP contribution in [0.5, 0.6) is 0 Å². The fourth-order valence-corrected chi connectivity index (χ4v) is 2.94. The Morgan fingerprint density at radius 1 is 1.31 bits per heavy atom. The van der Waals surface area contributed by atoms with Gasteiger partial charge in [-0.2, -0.15) is 0 Å². The van der Waals surface area contributed by atoms with Crippen molar-refractivity contribution in [2.75, 3.05) is 0 Å². The van der Waals surface area contributed by atoms with Crippen LogP contribution in [0.15, 0.2) is 24.3 Å². The molecule has 0 aromatic heterocycles. The Labute approximate surface area is 98.5 Å². The van der Waals surface area contributed by atoms with E-state index in [1.165, 1.54) is 31.2 Å². The molecule has 0 radical (unpaired) electrons. The van der Waals surface area contributed by atoms with E-state index in [1.807, 2.05) is 12.1 Å². The maximum atomic E-state index is 10.4. The third-order valence-corrected chi connectivity index (χ3v) is 4.11. The molecule has 1 aromatic carbocycles. The van der Waals surface area contributed by atoms with E-state index in [0.717, 1.165) is 11.5 Å². The predicted octanol–water partition coefficient (Wildman–Crippen LogP) is 3.85. The molecule has 0 spiro atoms. The molecule has 16 heavy (non-hydrogen) atoms. The topological polar surface area (TPSA) is 20.2 Å². The van der Waals surface area contributed by atoms with E-state index in [1.54, 1.807) is 0 Å². The molecule has 3 unspecified atom stereocenters. The molecule has 0 saturated heterocycles. The normalized spacial score (nSPS) is 26.9. The maximum absolute atomic E-state index is 10.4. The highest BCUT2D eigenvalue weighted by Crippen LogP contribution is 2.40. The fourth-order valence-electron chi connectivity index (χ4n) is 2.94. The number of aryl methyl sites for hydroxylation is 1. The van der Waals surface area contributed by atoms with E-state index < -0.39 is 0 Å². The Bertz CT molecular complexity index is 345. The van der Waals surface area contributed by atoms with Crippen LogP contribution in [0.2, 0.25) is 0 Å². The van der Waals surface area contributed by atoms with Crippen LogP contribution in [-0.2, 0) is 0 Å². The lowest BCUT2D eigenvalue weighted by Gasteiger charge is -2.20. The number of aliphatic hydroxyl groups is 1. The molecular weight excluding hydrogens is 196 g/mol. The van der Waals surface area contributed by atoms with Gasteiger partial charge in [-0.1, -0.05) is 44.0 Å². The number of rotatable bonds is 3. The van der Waals surface area contributed by atoms with Gasteiger partial charge in [-0.25, -0.2) is 0 Å². The third kappa shape index (κ3) is 2.30. The average Bonchev–Trinajstić information content (AvgIpc) is 2.77. The van der Waals surface area contributed by atoms with Crippen molar-refractivity contribution in [3.63, 3.8) is 0 Å². The third-order valence-electron chi connectivity index (χ3n) is 4.11. The van der Waals surface area contributed by atoms with E-state index in [9.17, 15) is 5.11 Å². The molecule has 0 aliphatic heterocycles. The van der Waals surface area contributed by atoms with E-state index in [-0.39, 0.29) is 6.10 Å². The molecule has 3 atom stereocenters. The van der Waals surface area contributed by atoms with E-state index in [4.69, 9.17) is 0 Å². The minimum absolute atomic E-state index is 0.252. The summed E-state index contributed by atoms with van der Waals surface area (Å²) < 4.78 is 0. The summed E-state index contributed by atoms with van der Waals surface area (Å²) in [6.07, 6.45) is 4.69. The minimum Gasteiger partial charge on any atom is -0.388 e. The quantitative estimate of drug-likeness (QED) is 0.817. The van der Waals surface area contributed by atoms with Gasteiger partial charge >= 0.3 is 0 Å². The van der Waals surface area contributed by atoms with Crippen LogP contribution in [0, 0.1) is 18.8 Å². The molecule has 0 amide bonds. The van der Waals surface area contributed by atoms with Crippen molar-refractivity contribution in [1.29, 1.82) is 0 Å². The zero-order chi connectivity index (χ0) is 11.5. The lowest BCUT2D eigenvalue weighted by Crippen LogP contribution is -2.11. The minimum atomic E-state index is -0.252. The van der Waals surface area contributed by atoms with Crippen molar-refractivity contribution >= 4 is 0 Å². The van der Waals surface area contributed by atoms with E-state index >= 15 is 0 Å². The van der Waals surface area contributed by atoms with Gasteiger partial charge < -0.3 is 5.11 Å². The summed E-state index contributed by atoms with van der Waals surface area (Å²) in [5.41, 5.74) is 2.35. The largest absolute Gasteiger partial charge is 0.388 e. The smallest absolute Gasteiger partial charge is 0.0820 e. The van der Waals surface area contributed by atoms with Crippen molar-refractivity contribution in [2.45, 2.75) is 45.6 Å². The van der Waals surface area contributed by atoms with Gasteiger partial charge in [-0.05, 0) is 42.7 Å². The van der Waals surface area contributed by atoms with Crippen molar-refractivity contribution in [1.82, 2.24) is 0 Å². The van der Waals surface area contributed by atoms with E-state index in [2.05, 4.69) is 26.0 Å². The number of hydrogen-bond acceptors (Lipinski definition) is 1. The molecule has 1 N–H and O–H groups in total.